The minimum Gasteiger partial charge on any atom is -0.384 e. The number of hydrogen-bond donors (Lipinski definition) is 2. The molecule has 1 saturated heterocycles. The summed E-state index contributed by atoms with van der Waals surface area (Å²) in [6, 6.07) is 1.81. The van der Waals surface area contributed by atoms with Crippen LogP contribution in [0.2, 0.25) is 0 Å². The van der Waals surface area contributed by atoms with Crippen molar-refractivity contribution < 1.29 is 18.3 Å². The molecule has 6 nitrogen and oxygen atoms in total. The summed E-state index contributed by atoms with van der Waals surface area (Å²) in [7, 11) is -3.46. The average Bonchev–Trinajstić information content (AvgIpc) is 2.92. The first-order valence-electron chi connectivity index (χ1n) is 6.11. The quantitative estimate of drug-likeness (QED) is 0.752. The predicted octanol–water partition coefficient (Wildman–Crippen LogP) is -0.242. The van der Waals surface area contributed by atoms with Crippen LogP contribution in [0.3, 0.4) is 0 Å². The van der Waals surface area contributed by atoms with Crippen LogP contribution in [0.25, 0.3) is 0 Å². The van der Waals surface area contributed by atoms with Crippen LogP contribution in [-0.4, -0.2) is 50.7 Å². The predicted molar refractivity (Wildman–Crippen MR) is 76.4 cm³/mol. The highest BCUT2D eigenvalue weighted by Gasteiger charge is 2.23. The molecule has 20 heavy (non-hydrogen) atoms. The summed E-state index contributed by atoms with van der Waals surface area (Å²) in [5, 5.41) is 10.4. The first kappa shape index (κ1) is 15.4. The van der Waals surface area contributed by atoms with Crippen LogP contribution in [0, 0.1) is 11.8 Å². The van der Waals surface area contributed by atoms with Gasteiger partial charge in [0.1, 0.15) is 6.61 Å². The molecule has 2 rings (SSSR count). The van der Waals surface area contributed by atoms with Gasteiger partial charge in [-0.3, -0.25) is 0 Å². The van der Waals surface area contributed by atoms with Crippen molar-refractivity contribution in [1.82, 2.24) is 9.03 Å². The van der Waals surface area contributed by atoms with Gasteiger partial charge >= 0.3 is 0 Å². The van der Waals surface area contributed by atoms with Crippen molar-refractivity contribution in [2.75, 3.05) is 32.9 Å². The Morgan fingerprint density at radius 2 is 2.20 bits per heavy atom. The lowest BCUT2D eigenvalue weighted by atomic mass is 10.3. The van der Waals surface area contributed by atoms with Gasteiger partial charge in [0.15, 0.2) is 0 Å². The zero-order valence-corrected chi connectivity index (χ0v) is 12.5. The first-order valence-corrected chi connectivity index (χ1v) is 8.43. The van der Waals surface area contributed by atoms with E-state index in [4.69, 9.17) is 9.84 Å². The van der Waals surface area contributed by atoms with Crippen molar-refractivity contribution >= 4 is 21.5 Å². The molecule has 2 heterocycles. The van der Waals surface area contributed by atoms with E-state index in [-0.39, 0.29) is 13.2 Å². The van der Waals surface area contributed by atoms with Gasteiger partial charge in [-0.25, -0.2) is 0 Å². The van der Waals surface area contributed by atoms with E-state index in [0.717, 1.165) is 10.4 Å². The van der Waals surface area contributed by atoms with Gasteiger partial charge < -0.3 is 9.84 Å². The third-order valence-electron chi connectivity index (χ3n) is 2.70. The lowest BCUT2D eigenvalue weighted by molar-refractivity contribution is 0.0725. The molecule has 0 bridgehead atoms. The smallest absolute Gasteiger partial charge is 0.279 e. The number of aliphatic hydroxyl groups excluding tert-OH is 1. The largest absolute Gasteiger partial charge is 0.384 e. The van der Waals surface area contributed by atoms with Crippen LogP contribution in [0.1, 0.15) is 10.4 Å². The van der Waals surface area contributed by atoms with Crippen molar-refractivity contribution in [2.45, 2.75) is 6.54 Å². The maximum Gasteiger partial charge on any atom is 0.279 e. The number of morpholine rings is 1. The fourth-order valence-electron chi connectivity index (χ4n) is 1.72. The fraction of sp³-hybridized carbons (Fsp3) is 0.500. The van der Waals surface area contributed by atoms with Gasteiger partial charge in [0.05, 0.1) is 13.2 Å². The molecule has 8 heteroatoms. The van der Waals surface area contributed by atoms with E-state index in [1.54, 1.807) is 0 Å². The Balaban J connectivity index is 1.92. The number of nitrogens with zero attached hydrogens (tertiary/aromatic N) is 1. The summed E-state index contributed by atoms with van der Waals surface area (Å²) in [6.07, 6.45) is 0. The molecule has 0 spiro atoms. The number of hydrogen-bond acceptors (Lipinski definition) is 5. The van der Waals surface area contributed by atoms with Crippen LogP contribution >= 0.6 is 11.3 Å². The second-order valence-corrected chi connectivity index (χ2v) is 6.85. The van der Waals surface area contributed by atoms with Gasteiger partial charge in [-0.1, -0.05) is 11.8 Å². The highest BCUT2D eigenvalue weighted by Crippen LogP contribution is 2.14. The Hall–Kier alpha value is -0.950. The Kier molecular flexibility index (Phi) is 5.54. The Labute approximate surface area is 122 Å². The van der Waals surface area contributed by atoms with Crippen LogP contribution in [0.4, 0.5) is 0 Å². The molecule has 0 unspecified atom stereocenters. The Bertz CT molecular complexity index is 594. The van der Waals surface area contributed by atoms with E-state index in [1.807, 2.05) is 11.4 Å². The van der Waals surface area contributed by atoms with Gasteiger partial charge in [0, 0.05) is 35.5 Å². The minimum atomic E-state index is -3.46. The van der Waals surface area contributed by atoms with E-state index in [0.29, 0.717) is 26.3 Å². The molecule has 0 atom stereocenters. The standard InChI is InChI=1S/C12H16N2O4S2/c15-5-1-2-11-8-12(19-10-11)9-13-20(16,17)14-3-6-18-7-4-14/h8,10,13,15H,3-7,9H2. The molecule has 110 valence electrons. The second kappa shape index (κ2) is 7.17. The molecule has 0 radical (unpaired) electrons. The molecule has 1 fully saturated rings. The summed E-state index contributed by atoms with van der Waals surface area (Å²) >= 11 is 1.43. The average molecular weight is 316 g/mol. The van der Waals surface area contributed by atoms with Gasteiger partial charge in [0.2, 0.25) is 0 Å². The van der Waals surface area contributed by atoms with Crippen LogP contribution in [-0.2, 0) is 21.5 Å². The number of ether oxygens (including phenoxy) is 1. The molecule has 0 saturated carbocycles. The molecular formula is C12H16N2O4S2. The third-order valence-corrected chi connectivity index (χ3v) is 5.20. The van der Waals surface area contributed by atoms with E-state index in [2.05, 4.69) is 16.6 Å². The second-order valence-electron chi connectivity index (χ2n) is 4.10. The maximum atomic E-state index is 12.0. The fourth-order valence-corrected chi connectivity index (χ4v) is 3.72. The summed E-state index contributed by atoms with van der Waals surface area (Å²) in [4.78, 5) is 0.879. The number of nitrogens with one attached hydrogen (secondary N) is 1. The van der Waals surface area contributed by atoms with E-state index < -0.39 is 10.2 Å². The van der Waals surface area contributed by atoms with Gasteiger partial charge in [-0.15, -0.1) is 11.3 Å². The van der Waals surface area contributed by atoms with Crippen molar-refractivity contribution in [3.8, 4) is 11.8 Å². The number of rotatable bonds is 4. The minimum absolute atomic E-state index is 0.186. The van der Waals surface area contributed by atoms with E-state index >= 15 is 0 Å². The van der Waals surface area contributed by atoms with E-state index in [1.165, 1.54) is 15.6 Å². The van der Waals surface area contributed by atoms with Crippen LogP contribution < -0.4 is 4.72 Å². The Morgan fingerprint density at radius 1 is 1.45 bits per heavy atom. The van der Waals surface area contributed by atoms with Gasteiger partial charge in [-0.2, -0.15) is 17.4 Å². The van der Waals surface area contributed by atoms with E-state index in [9.17, 15) is 8.42 Å². The van der Waals surface area contributed by atoms with Crippen molar-refractivity contribution in [3.63, 3.8) is 0 Å². The molecule has 1 aliphatic rings. The zero-order valence-electron chi connectivity index (χ0n) is 10.8. The lowest BCUT2D eigenvalue weighted by Gasteiger charge is -2.25. The normalized spacial score (nSPS) is 16.6. The summed E-state index contributed by atoms with van der Waals surface area (Å²) < 4.78 is 33.2. The van der Waals surface area contributed by atoms with Crippen LogP contribution in [0.15, 0.2) is 11.4 Å². The molecule has 2 N–H and O–H groups in total. The Morgan fingerprint density at radius 3 is 2.90 bits per heavy atom. The summed E-state index contributed by atoms with van der Waals surface area (Å²) in [6.45, 7) is 1.68. The highest BCUT2D eigenvalue weighted by atomic mass is 32.2. The number of thiophene rings is 1. The zero-order chi connectivity index (χ0) is 14.4. The topological polar surface area (TPSA) is 78.9 Å². The molecule has 1 aliphatic heterocycles. The van der Waals surface area contributed by atoms with Crippen LogP contribution in [0.5, 0.6) is 0 Å². The summed E-state index contributed by atoms with van der Waals surface area (Å²) in [5.74, 6) is 5.33. The van der Waals surface area contributed by atoms with Crippen molar-refractivity contribution in [2.24, 2.45) is 0 Å². The molecule has 1 aromatic heterocycles. The molecule has 1 aromatic rings. The van der Waals surface area contributed by atoms with Crippen molar-refractivity contribution in [1.29, 1.82) is 0 Å². The molecule has 0 aliphatic carbocycles. The van der Waals surface area contributed by atoms with Gasteiger partial charge in [0.25, 0.3) is 10.2 Å². The molecular weight excluding hydrogens is 300 g/mol. The first-order chi connectivity index (χ1) is 9.62. The molecule has 0 aromatic carbocycles. The summed E-state index contributed by atoms with van der Waals surface area (Å²) in [5.41, 5.74) is 0.782. The highest BCUT2D eigenvalue weighted by molar-refractivity contribution is 7.87. The molecule has 0 amide bonds. The third kappa shape index (κ3) is 4.28. The maximum absolute atomic E-state index is 12.0. The number of aliphatic hydroxyl groups is 1. The lowest BCUT2D eigenvalue weighted by Crippen LogP contribution is -2.46. The monoisotopic (exact) mass is 316 g/mol. The van der Waals surface area contributed by atoms with Gasteiger partial charge in [-0.05, 0) is 6.07 Å². The SMILES string of the molecule is O=S(=O)(NCc1cc(C#CCO)cs1)N1CCOCC1. The van der Waals surface area contributed by atoms with Crippen molar-refractivity contribution in [3.05, 3.63) is 21.9 Å².